The van der Waals surface area contributed by atoms with E-state index in [1.165, 1.54) is 0 Å². The van der Waals surface area contributed by atoms with E-state index in [0.29, 0.717) is 0 Å². The number of ether oxygens (including phenoxy) is 1. The van der Waals surface area contributed by atoms with E-state index in [1.54, 1.807) is 27.7 Å². The van der Waals surface area contributed by atoms with Gasteiger partial charge >= 0.3 is 5.97 Å². The van der Waals surface area contributed by atoms with Crippen LogP contribution >= 0.6 is 15.9 Å². The quantitative estimate of drug-likeness (QED) is 0.556. The molecule has 1 unspecified atom stereocenters. The topological polar surface area (TPSA) is 72.5 Å². The van der Waals surface area contributed by atoms with Gasteiger partial charge in [-0.3, -0.25) is 14.4 Å². The Morgan fingerprint density at radius 3 is 2.05 bits per heavy atom. The molecule has 122 valence electrons. The molecule has 0 saturated heterocycles. The lowest BCUT2D eigenvalue weighted by Crippen LogP contribution is -2.46. The lowest BCUT2D eigenvalue weighted by molar-refractivity contribution is -0.156. The predicted octanol–water partition coefficient (Wildman–Crippen LogP) is 2.46. The van der Waals surface area contributed by atoms with Gasteiger partial charge in [0.05, 0.1) is 17.8 Å². The molecule has 0 aromatic heterocycles. The molecule has 1 N–H and O–H groups in total. The highest BCUT2D eigenvalue weighted by atomic mass is 79.9. The Bertz CT molecular complexity index is 388. The van der Waals surface area contributed by atoms with Gasteiger partial charge in [0.25, 0.3) is 0 Å². The minimum absolute atomic E-state index is 0.0802. The van der Waals surface area contributed by atoms with E-state index in [1.807, 2.05) is 13.8 Å². The highest BCUT2D eigenvalue weighted by Crippen LogP contribution is 2.13. The van der Waals surface area contributed by atoms with E-state index in [0.717, 1.165) is 0 Å². The molecule has 6 heteroatoms. The Balaban J connectivity index is 4.79. The zero-order valence-electron chi connectivity index (χ0n) is 13.7. The molecule has 0 radical (unpaired) electrons. The van der Waals surface area contributed by atoms with Gasteiger partial charge in [0.1, 0.15) is 5.60 Å². The van der Waals surface area contributed by atoms with Crippen molar-refractivity contribution in [1.29, 1.82) is 0 Å². The summed E-state index contributed by atoms with van der Waals surface area (Å²) in [5.74, 6) is -1.04. The number of carbonyl (C=O) groups is 3. The Kier molecular flexibility index (Phi) is 8.14. The Morgan fingerprint density at radius 1 is 1.14 bits per heavy atom. The monoisotopic (exact) mass is 363 g/mol. The maximum absolute atomic E-state index is 12.1. The van der Waals surface area contributed by atoms with Crippen LogP contribution in [0.15, 0.2) is 0 Å². The predicted molar refractivity (Wildman–Crippen MR) is 85.2 cm³/mol. The Labute approximate surface area is 135 Å². The second-order valence-electron chi connectivity index (χ2n) is 6.48. The normalized spacial score (nSPS) is 14.5. The molecule has 0 aliphatic carbocycles. The number of esters is 1. The lowest BCUT2D eigenvalue weighted by atomic mass is 9.96. The third-order valence-corrected chi connectivity index (χ3v) is 3.59. The first-order chi connectivity index (χ1) is 9.47. The van der Waals surface area contributed by atoms with E-state index in [9.17, 15) is 14.4 Å². The minimum Gasteiger partial charge on any atom is -0.460 e. The standard InChI is InChI=1S/C15H26BrNO4/c1-9(2)10(3)14(20)17-11(12(18)8-16)7-13(19)21-15(4,5)6/h9-11H,7-8H2,1-6H3,(H,17,20)/t10-,11?/m0/s1. The third kappa shape index (κ3) is 8.19. The Morgan fingerprint density at radius 2 is 1.67 bits per heavy atom. The molecule has 0 fully saturated rings. The summed E-state index contributed by atoms with van der Waals surface area (Å²) >= 11 is 3.07. The van der Waals surface area contributed by atoms with Crippen molar-refractivity contribution >= 4 is 33.6 Å². The maximum atomic E-state index is 12.1. The second kappa shape index (κ2) is 8.51. The third-order valence-electron chi connectivity index (χ3n) is 3.04. The van der Waals surface area contributed by atoms with Gasteiger partial charge in [-0.15, -0.1) is 0 Å². The highest BCUT2D eigenvalue weighted by Gasteiger charge is 2.28. The molecule has 5 nitrogen and oxygen atoms in total. The number of hydrogen-bond donors (Lipinski definition) is 1. The van der Waals surface area contributed by atoms with Gasteiger partial charge in [0, 0.05) is 5.92 Å². The number of Topliss-reactive ketones (excluding diaryl/α,β-unsaturated/α-hetero) is 1. The maximum Gasteiger partial charge on any atom is 0.308 e. The van der Waals surface area contributed by atoms with Crippen molar-refractivity contribution in [3.63, 3.8) is 0 Å². The van der Waals surface area contributed by atoms with Crippen molar-refractivity contribution in [3.05, 3.63) is 0 Å². The average Bonchev–Trinajstić information content (AvgIpc) is 2.33. The molecule has 0 spiro atoms. The number of ketones is 1. The molecular formula is C15H26BrNO4. The summed E-state index contributed by atoms with van der Waals surface area (Å²) in [6.07, 6.45) is -0.155. The van der Waals surface area contributed by atoms with Gasteiger partial charge in [-0.1, -0.05) is 36.7 Å². The van der Waals surface area contributed by atoms with E-state index in [2.05, 4.69) is 21.2 Å². The number of halogens is 1. The van der Waals surface area contributed by atoms with Crippen LogP contribution in [-0.2, 0) is 19.1 Å². The minimum atomic E-state index is -0.854. The van der Waals surface area contributed by atoms with Crippen molar-refractivity contribution in [2.24, 2.45) is 11.8 Å². The molecule has 0 bridgehead atoms. The fourth-order valence-electron chi connectivity index (χ4n) is 1.49. The number of alkyl halides is 1. The number of carbonyl (C=O) groups excluding carboxylic acids is 3. The van der Waals surface area contributed by atoms with Crippen molar-refractivity contribution < 1.29 is 19.1 Å². The van der Waals surface area contributed by atoms with Crippen molar-refractivity contribution in [1.82, 2.24) is 5.32 Å². The summed E-state index contributed by atoms with van der Waals surface area (Å²) in [4.78, 5) is 35.8. The number of amides is 1. The lowest BCUT2D eigenvalue weighted by Gasteiger charge is -2.23. The molecule has 0 aliphatic heterocycles. The van der Waals surface area contributed by atoms with Crippen LogP contribution in [-0.4, -0.2) is 34.6 Å². The molecule has 0 aromatic carbocycles. The van der Waals surface area contributed by atoms with E-state index in [-0.39, 0.29) is 35.3 Å². The fourth-order valence-corrected chi connectivity index (χ4v) is 1.89. The average molecular weight is 364 g/mol. The molecular weight excluding hydrogens is 338 g/mol. The van der Waals surface area contributed by atoms with Crippen LogP contribution in [0, 0.1) is 11.8 Å². The molecule has 0 rings (SSSR count). The highest BCUT2D eigenvalue weighted by molar-refractivity contribution is 9.09. The number of rotatable bonds is 7. The molecule has 0 heterocycles. The number of nitrogens with one attached hydrogen (secondary N) is 1. The summed E-state index contributed by atoms with van der Waals surface area (Å²) in [7, 11) is 0. The van der Waals surface area contributed by atoms with Crippen LogP contribution in [0.25, 0.3) is 0 Å². The zero-order valence-corrected chi connectivity index (χ0v) is 15.2. The first-order valence-electron chi connectivity index (χ1n) is 7.08. The van der Waals surface area contributed by atoms with Gasteiger partial charge in [0.15, 0.2) is 5.78 Å². The van der Waals surface area contributed by atoms with E-state index >= 15 is 0 Å². The molecule has 0 saturated carbocycles. The van der Waals surface area contributed by atoms with Gasteiger partial charge < -0.3 is 10.1 Å². The zero-order chi connectivity index (χ0) is 16.8. The Hall–Kier alpha value is -0.910. The van der Waals surface area contributed by atoms with Crippen LogP contribution in [0.3, 0.4) is 0 Å². The first kappa shape index (κ1) is 20.1. The van der Waals surface area contributed by atoms with Crippen LogP contribution in [0.1, 0.15) is 48.0 Å². The van der Waals surface area contributed by atoms with E-state index < -0.39 is 17.6 Å². The largest absolute Gasteiger partial charge is 0.460 e. The van der Waals surface area contributed by atoms with Gasteiger partial charge in [0.2, 0.25) is 5.91 Å². The van der Waals surface area contributed by atoms with Crippen molar-refractivity contribution in [2.45, 2.75) is 59.6 Å². The summed E-state index contributed by atoms with van der Waals surface area (Å²) < 4.78 is 5.19. The summed E-state index contributed by atoms with van der Waals surface area (Å²) in [6.45, 7) is 10.9. The van der Waals surface area contributed by atoms with Crippen LogP contribution < -0.4 is 5.32 Å². The summed E-state index contributed by atoms with van der Waals surface area (Å²) in [6, 6.07) is -0.854. The molecule has 0 aliphatic rings. The molecule has 2 atom stereocenters. The number of hydrogen-bond acceptors (Lipinski definition) is 4. The SMILES string of the molecule is CC(C)[C@H](C)C(=O)NC(CC(=O)OC(C)(C)C)C(=O)CBr. The van der Waals surface area contributed by atoms with Gasteiger partial charge in [-0.25, -0.2) is 0 Å². The second-order valence-corrected chi connectivity index (χ2v) is 7.05. The van der Waals surface area contributed by atoms with Crippen molar-refractivity contribution in [2.75, 3.05) is 5.33 Å². The fraction of sp³-hybridized carbons (Fsp3) is 0.800. The van der Waals surface area contributed by atoms with Gasteiger partial charge in [-0.05, 0) is 26.7 Å². The smallest absolute Gasteiger partial charge is 0.308 e. The van der Waals surface area contributed by atoms with Crippen LogP contribution in [0.5, 0.6) is 0 Å². The molecule has 21 heavy (non-hydrogen) atoms. The van der Waals surface area contributed by atoms with Crippen molar-refractivity contribution in [3.8, 4) is 0 Å². The van der Waals surface area contributed by atoms with Crippen LogP contribution in [0.4, 0.5) is 0 Å². The van der Waals surface area contributed by atoms with Crippen LogP contribution in [0.2, 0.25) is 0 Å². The van der Waals surface area contributed by atoms with Gasteiger partial charge in [-0.2, -0.15) is 0 Å². The first-order valence-corrected chi connectivity index (χ1v) is 8.21. The molecule has 0 aromatic rings. The summed E-state index contributed by atoms with van der Waals surface area (Å²) in [5.41, 5.74) is -0.617. The van der Waals surface area contributed by atoms with E-state index in [4.69, 9.17) is 4.74 Å². The summed E-state index contributed by atoms with van der Waals surface area (Å²) in [5, 5.41) is 2.73. The molecule has 1 amide bonds.